The van der Waals surface area contributed by atoms with E-state index in [1.807, 2.05) is 0 Å². The average molecular weight is 223 g/mol. The van der Waals surface area contributed by atoms with Gasteiger partial charge in [-0.3, -0.25) is 0 Å². The van der Waals surface area contributed by atoms with Gasteiger partial charge in [-0.05, 0) is 32.6 Å². The van der Waals surface area contributed by atoms with Crippen molar-refractivity contribution in [1.29, 1.82) is 0 Å². The number of ether oxygens (including phenoxy) is 1. The minimum absolute atomic E-state index is 0.0113. The number of nitrogens with one attached hydrogen (secondary N) is 1. The molecule has 1 saturated carbocycles. The smallest absolute Gasteiger partial charge is 0.255 e. The monoisotopic (exact) mass is 223 g/mol. The molecule has 0 aromatic carbocycles. The molecule has 0 bridgehead atoms. The van der Waals surface area contributed by atoms with Gasteiger partial charge in [0.25, 0.3) is 5.89 Å². The van der Waals surface area contributed by atoms with E-state index in [1.165, 1.54) is 12.8 Å². The molecule has 2 unspecified atom stereocenters. The van der Waals surface area contributed by atoms with E-state index in [0.717, 1.165) is 18.7 Å². The molecule has 2 fully saturated rings. The fourth-order valence-electron chi connectivity index (χ4n) is 1.98. The van der Waals surface area contributed by atoms with E-state index >= 15 is 0 Å². The summed E-state index contributed by atoms with van der Waals surface area (Å²) >= 11 is 0. The summed E-state index contributed by atoms with van der Waals surface area (Å²) in [5, 5.41) is 7.32. The second-order valence-corrected chi connectivity index (χ2v) is 4.72. The summed E-state index contributed by atoms with van der Waals surface area (Å²) in [5.74, 6) is 1.38. The third kappa shape index (κ3) is 2.25. The number of nitrogens with zero attached hydrogens (tertiary/aromatic N) is 2. The van der Waals surface area contributed by atoms with Crippen LogP contribution in [0.25, 0.3) is 0 Å². The van der Waals surface area contributed by atoms with Gasteiger partial charge < -0.3 is 14.6 Å². The topological polar surface area (TPSA) is 60.2 Å². The molecule has 5 heteroatoms. The molecule has 1 saturated heterocycles. The SMILES string of the molecule is CC1CCC(c2nc(CNC3CC3)no2)O1. The van der Waals surface area contributed by atoms with Crippen molar-refractivity contribution >= 4 is 0 Å². The lowest BCUT2D eigenvalue weighted by Crippen LogP contribution is -2.16. The Morgan fingerprint density at radius 3 is 2.88 bits per heavy atom. The molecule has 5 nitrogen and oxygen atoms in total. The average Bonchev–Trinajstić information content (AvgIpc) is 2.81. The van der Waals surface area contributed by atoms with Crippen LogP contribution in [0.4, 0.5) is 0 Å². The number of hydrogen-bond donors (Lipinski definition) is 1. The summed E-state index contributed by atoms with van der Waals surface area (Å²) in [5.41, 5.74) is 0. The van der Waals surface area contributed by atoms with E-state index in [0.29, 0.717) is 24.6 Å². The molecule has 0 spiro atoms. The van der Waals surface area contributed by atoms with Crippen LogP contribution in [-0.4, -0.2) is 22.3 Å². The molecule has 1 aliphatic carbocycles. The molecular weight excluding hydrogens is 206 g/mol. The molecular formula is C11H17N3O2. The van der Waals surface area contributed by atoms with Gasteiger partial charge in [0.15, 0.2) is 5.82 Å². The summed E-state index contributed by atoms with van der Waals surface area (Å²) in [7, 11) is 0. The van der Waals surface area contributed by atoms with Crippen molar-refractivity contribution in [3.63, 3.8) is 0 Å². The molecule has 88 valence electrons. The zero-order chi connectivity index (χ0) is 11.0. The normalized spacial score (nSPS) is 29.8. The predicted octanol–water partition coefficient (Wildman–Crippen LogP) is 1.56. The first-order valence-corrected chi connectivity index (χ1v) is 6.02. The summed E-state index contributed by atoms with van der Waals surface area (Å²) < 4.78 is 10.9. The summed E-state index contributed by atoms with van der Waals surface area (Å²) in [4.78, 5) is 4.36. The minimum atomic E-state index is 0.0113. The van der Waals surface area contributed by atoms with Crippen LogP contribution < -0.4 is 5.32 Å². The predicted molar refractivity (Wildman–Crippen MR) is 56.7 cm³/mol. The lowest BCUT2D eigenvalue weighted by atomic mass is 10.2. The Morgan fingerprint density at radius 1 is 1.31 bits per heavy atom. The Hall–Kier alpha value is -0.940. The zero-order valence-corrected chi connectivity index (χ0v) is 9.48. The maximum absolute atomic E-state index is 5.68. The maximum Gasteiger partial charge on any atom is 0.255 e. The highest BCUT2D eigenvalue weighted by molar-refractivity contribution is 4.94. The van der Waals surface area contributed by atoms with Crippen molar-refractivity contribution in [3.8, 4) is 0 Å². The molecule has 2 heterocycles. The van der Waals surface area contributed by atoms with Crippen LogP contribution in [0.15, 0.2) is 4.52 Å². The first-order chi connectivity index (χ1) is 7.81. The van der Waals surface area contributed by atoms with Gasteiger partial charge in [-0.1, -0.05) is 5.16 Å². The van der Waals surface area contributed by atoms with Crippen molar-refractivity contribution < 1.29 is 9.26 Å². The van der Waals surface area contributed by atoms with E-state index in [9.17, 15) is 0 Å². The van der Waals surface area contributed by atoms with Gasteiger partial charge in [0.05, 0.1) is 12.6 Å². The Labute approximate surface area is 94.6 Å². The third-order valence-corrected chi connectivity index (χ3v) is 3.12. The van der Waals surface area contributed by atoms with Gasteiger partial charge in [0.1, 0.15) is 6.10 Å². The molecule has 1 N–H and O–H groups in total. The highest BCUT2D eigenvalue weighted by Gasteiger charge is 2.28. The van der Waals surface area contributed by atoms with E-state index in [1.54, 1.807) is 0 Å². The van der Waals surface area contributed by atoms with Crippen molar-refractivity contribution in [2.75, 3.05) is 0 Å². The van der Waals surface area contributed by atoms with Gasteiger partial charge >= 0.3 is 0 Å². The van der Waals surface area contributed by atoms with E-state index in [2.05, 4.69) is 22.4 Å². The van der Waals surface area contributed by atoms with Gasteiger partial charge in [0, 0.05) is 6.04 Å². The molecule has 0 radical (unpaired) electrons. The minimum Gasteiger partial charge on any atom is -0.365 e. The Bertz CT molecular complexity index is 362. The van der Waals surface area contributed by atoms with Gasteiger partial charge in [0.2, 0.25) is 0 Å². The first kappa shape index (κ1) is 10.2. The molecule has 2 aliphatic rings. The van der Waals surface area contributed by atoms with Crippen LogP contribution >= 0.6 is 0 Å². The van der Waals surface area contributed by atoms with Crippen LogP contribution in [0.2, 0.25) is 0 Å². The van der Waals surface area contributed by atoms with Crippen molar-refractivity contribution in [3.05, 3.63) is 11.7 Å². The summed E-state index contributed by atoms with van der Waals surface area (Å²) in [6.07, 6.45) is 4.92. The van der Waals surface area contributed by atoms with Crippen LogP contribution in [0.3, 0.4) is 0 Å². The molecule has 1 aromatic rings. The maximum atomic E-state index is 5.68. The molecule has 2 atom stereocenters. The van der Waals surface area contributed by atoms with Crippen LogP contribution in [0, 0.1) is 0 Å². The number of aromatic nitrogens is 2. The Balaban J connectivity index is 1.58. The van der Waals surface area contributed by atoms with Crippen molar-refractivity contribution in [2.45, 2.75) is 57.4 Å². The first-order valence-electron chi connectivity index (χ1n) is 6.02. The second-order valence-electron chi connectivity index (χ2n) is 4.72. The fraction of sp³-hybridized carbons (Fsp3) is 0.818. The summed E-state index contributed by atoms with van der Waals surface area (Å²) in [6.45, 7) is 2.78. The number of rotatable bonds is 4. The van der Waals surface area contributed by atoms with Crippen molar-refractivity contribution in [1.82, 2.24) is 15.5 Å². The molecule has 3 rings (SSSR count). The van der Waals surface area contributed by atoms with E-state index in [4.69, 9.17) is 9.26 Å². The van der Waals surface area contributed by atoms with Crippen LogP contribution in [0.1, 0.15) is 50.4 Å². The van der Waals surface area contributed by atoms with Crippen molar-refractivity contribution in [2.24, 2.45) is 0 Å². The lowest BCUT2D eigenvalue weighted by molar-refractivity contribution is 0.0355. The Morgan fingerprint density at radius 2 is 2.19 bits per heavy atom. The largest absolute Gasteiger partial charge is 0.365 e. The highest BCUT2D eigenvalue weighted by Crippen LogP contribution is 2.31. The molecule has 0 amide bonds. The second kappa shape index (κ2) is 4.14. The number of hydrogen-bond acceptors (Lipinski definition) is 5. The standard InChI is InChI=1S/C11H17N3O2/c1-7-2-5-9(15-7)11-13-10(14-16-11)6-12-8-3-4-8/h7-9,12H,2-6H2,1H3. The lowest BCUT2D eigenvalue weighted by Gasteiger charge is -2.04. The van der Waals surface area contributed by atoms with Crippen LogP contribution in [0.5, 0.6) is 0 Å². The van der Waals surface area contributed by atoms with Gasteiger partial charge in [-0.2, -0.15) is 4.98 Å². The molecule has 16 heavy (non-hydrogen) atoms. The molecule has 1 aliphatic heterocycles. The highest BCUT2D eigenvalue weighted by atomic mass is 16.5. The van der Waals surface area contributed by atoms with Gasteiger partial charge in [-0.15, -0.1) is 0 Å². The summed E-state index contributed by atoms with van der Waals surface area (Å²) in [6, 6.07) is 0.671. The fourth-order valence-corrected chi connectivity index (χ4v) is 1.98. The van der Waals surface area contributed by atoms with E-state index < -0.39 is 0 Å². The quantitative estimate of drug-likeness (QED) is 0.839. The van der Waals surface area contributed by atoms with Gasteiger partial charge in [-0.25, -0.2) is 0 Å². The third-order valence-electron chi connectivity index (χ3n) is 3.12. The van der Waals surface area contributed by atoms with Crippen LogP contribution in [-0.2, 0) is 11.3 Å². The molecule has 1 aromatic heterocycles. The zero-order valence-electron chi connectivity index (χ0n) is 9.48. The Kier molecular flexibility index (Phi) is 2.65. The van der Waals surface area contributed by atoms with E-state index in [-0.39, 0.29) is 6.10 Å².